The van der Waals surface area contributed by atoms with Crippen molar-refractivity contribution in [2.45, 2.75) is 30.2 Å². The molecule has 36 heavy (non-hydrogen) atoms. The van der Waals surface area contributed by atoms with Crippen molar-refractivity contribution in [2.75, 3.05) is 7.11 Å². The van der Waals surface area contributed by atoms with Crippen molar-refractivity contribution < 1.29 is 22.7 Å². The molecule has 0 saturated heterocycles. The van der Waals surface area contributed by atoms with Gasteiger partial charge in [0.2, 0.25) is 0 Å². The third kappa shape index (κ3) is 6.45. The maximum atomic E-state index is 12.8. The summed E-state index contributed by atoms with van der Waals surface area (Å²) in [5.41, 5.74) is 1.56. The summed E-state index contributed by atoms with van der Waals surface area (Å²) in [5, 5.41) is 12.0. The zero-order chi connectivity index (χ0) is 25.5. The number of alkyl halides is 3. The number of hydrogen-bond donors (Lipinski definition) is 1. The lowest BCUT2D eigenvalue weighted by Gasteiger charge is -2.12. The lowest BCUT2D eigenvalue weighted by atomic mass is 10.1. The van der Waals surface area contributed by atoms with Gasteiger partial charge in [0.25, 0.3) is 5.91 Å². The first-order valence-electron chi connectivity index (χ1n) is 11.0. The van der Waals surface area contributed by atoms with E-state index in [0.29, 0.717) is 34.6 Å². The molecule has 0 spiro atoms. The molecule has 0 aliphatic heterocycles. The molecule has 6 nitrogen and oxygen atoms in total. The first-order chi connectivity index (χ1) is 17.3. The van der Waals surface area contributed by atoms with Gasteiger partial charge in [-0.1, -0.05) is 54.2 Å². The summed E-state index contributed by atoms with van der Waals surface area (Å²) in [6.45, 7) is 0.641. The van der Waals surface area contributed by atoms with E-state index in [2.05, 4.69) is 15.5 Å². The Morgan fingerprint density at radius 1 is 0.944 bits per heavy atom. The van der Waals surface area contributed by atoms with Gasteiger partial charge in [-0.15, -0.1) is 10.2 Å². The second-order valence-electron chi connectivity index (χ2n) is 7.87. The number of carbonyl (C=O) groups is 1. The number of hydrogen-bond acceptors (Lipinski definition) is 5. The largest absolute Gasteiger partial charge is 0.497 e. The zero-order valence-corrected chi connectivity index (χ0v) is 20.1. The highest BCUT2D eigenvalue weighted by atomic mass is 32.2. The maximum Gasteiger partial charge on any atom is 0.416 e. The van der Waals surface area contributed by atoms with Crippen LogP contribution in [0.5, 0.6) is 5.75 Å². The van der Waals surface area contributed by atoms with Crippen LogP contribution in [0.2, 0.25) is 0 Å². The summed E-state index contributed by atoms with van der Waals surface area (Å²) >= 11 is 1.37. The Morgan fingerprint density at radius 3 is 2.28 bits per heavy atom. The van der Waals surface area contributed by atoms with Crippen LogP contribution < -0.4 is 10.1 Å². The highest BCUT2D eigenvalue weighted by Crippen LogP contribution is 2.30. The molecular weight excluding hydrogens is 489 g/mol. The Hall–Kier alpha value is -3.79. The van der Waals surface area contributed by atoms with Crippen molar-refractivity contribution in [3.63, 3.8) is 0 Å². The van der Waals surface area contributed by atoms with Crippen LogP contribution in [0, 0.1) is 0 Å². The molecule has 0 unspecified atom stereocenters. The van der Waals surface area contributed by atoms with Crippen LogP contribution in [0.3, 0.4) is 0 Å². The fourth-order valence-electron chi connectivity index (χ4n) is 3.42. The van der Waals surface area contributed by atoms with Gasteiger partial charge in [-0.25, -0.2) is 0 Å². The van der Waals surface area contributed by atoms with E-state index in [1.807, 2.05) is 34.9 Å². The van der Waals surface area contributed by atoms with Crippen molar-refractivity contribution in [3.05, 3.63) is 107 Å². The summed E-state index contributed by atoms with van der Waals surface area (Å²) in [5.74, 6) is 1.38. The van der Waals surface area contributed by atoms with Crippen LogP contribution in [0.25, 0.3) is 0 Å². The predicted molar refractivity (Wildman–Crippen MR) is 131 cm³/mol. The number of amides is 1. The predicted octanol–water partition coefficient (Wildman–Crippen LogP) is 5.58. The van der Waals surface area contributed by atoms with Gasteiger partial charge in [-0.2, -0.15) is 13.2 Å². The van der Waals surface area contributed by atoms with E-state index >= 15 is 0 Å². The number of thioether (sulfide) groups is 1. The summed E-state index contributed by atoms with van der Waals surface area (Å²) in [4.78, 5) is 12.6. The van der Waals surface area contributed by atoms with Gasteiger partial charge in [0.05, 0.1) is 25.8 Å². The number of carbonyl (C=O) groups excluding carboxylic acids is 1. The van der Waals surface area contributed by atoms with Gasteiger partial charge in [0.15, 0.2) is 11.0 Å². The number of nitrogens with zero attached hydrogens (tertiary/aromatic N) is 3. The monoisotopic (exact) mass is 512 g/mol. The lowest BCUT2D eigenvalue weighted by molar-refractivity contribution is -0.137. The van der Waals surface area contributed by atoms with Crippen molar-refractivity contribution in [1.29, 1.82) is 0 Å². The van der Waals surface area contributed by atoms with Crippen LogP contribution in [-0.2, 0) is 25.0 Å². The standard InChI is InChI=1S/C26H23F3N4O2S/c1-35-22-13-9-20(10-14-22)24(34)30-15-23-31-32-25(33(23)16-18-5-3-2-4-6-18)36-17-19-7-11-21(12-8-19)26(27,28)29/h2-14H,15-17H2,1H3,(H,30,34). The molecule has 1 aromatic heterocycles. The first-order valence-corrected chi connectivity index (χ1v) is 12.0. The van der Waals surface area contributed by atoms with Crippen molar-refractivity contribution in [2.24, 2.45) is 0 Å². The van der Waals surface area contributed by atoms with E-state index in [9.17, 15) is 18.0 Å². The second-order valence-corrected chi connectivity index (χ2v) is 8.81. The van der Waals surface area contributed by atoms with Crippen molar-refractivity contribution in [3.8, 4) is 5.75 Å². The third-order valence-corrected chi connectivity index (χ3v) is 6.42. The number of ether oxygens (including phenoxy) is 1. The number of nitrogens with one attached hydrogen (secondary N) is 1. The molecule has 0 aliphatic rings. The van der Waals surface area contributed by atoms with E-state index in [-0.39, 0.29) is 12.5 Å². The minimum atomic E-state index is -4.37. The van der Waals surface area contributed by atoms with Crippen molar-refractivity contribution >= 4 is 17.7 Å². The number of methoxy groups -OCH3 is 1. The minimum Gasteiger partial charge on any atom is -0.497 e. The Kier molecular flexibility index (Phi) is 7.94. The highest BCUT2D eigenvalue weighted by molar-refractivity contribution is 7.98. The molecule has 186 valence electrons. The molecule has 1 amide bonds. The molecule has 0 bridgehead atoms. The Labute approximate surface area is 210 Å². The van der Waals surface area contributed by atoms with Crippen LogP contribution in [0.4, 0.5) is 13.2 Å². The van der Waals surface area contributed by atoms with Gasteiger partial charge >= 0.3 is 6.18 Å². The van der Waals surface area contributed by atoms with Crippen LogP contribution >= 0.6 is 11.8 Å². The first kappa shape index (κ1) is 25.3. The molecule has 0 fully saturated rings. The molecule has 4 rings (SSSR count). The van der Waals surface area contributed by atoms with Gasteiger partial charge in [0, 0.05) is 11.3 Å². The topological polar surface area (TPSA) is 69.0 Å². The smallest absolute Gasteiger partial charge is 0.416 e. The molecule has 4 aromatic rings. The maximum absolute atomic E-state index is 12.8. The van der Waals surface area contributed by atoms with Crippen LogP contribution in [0.15, 0.2) is 84.0 Å². The molecular formula is C26H23F3N4O2S. The summed E-state index contributed by atoms with van der Waals surface area (Å²) < 4.78 is 45.6. The molecule has 1 heterocycles. The van der Waals surface area contributed by atoms with Crippen LogP contribution in [-0.4, -0.2) is 27.8 Å². The fraction of sp³-hybridized carbons (Fsp3) is 0.192. The third-order valence-electron chi connectivity index (χ3n) is 5.39. The second kappa shape index (κ2) is 11.3. The van der Waals surface area contributed by atoms with E-state index in [1.165, 1.54) is 23.9 Å². The summed E-state index contributed by atoms with van der Waals surface area (Å²) in [6.07, 6.45) is -4.37. The molecule has 10 heteroatoms. The number of benzene rings is 3. The van der Waals surface area contributed by atoms with Gasteiger partial charge < -0.3 is 14.6 Å². The van der Waals surface area contributed by atoms with Crippen molar-refractivity contribution in [1.82, 2.24) is 20.1 Å². The minimum absolute atomic E-state index is 0.158. The quantitative estimate of drug-likeness (QED) is 0.297. The van der Waals surface area contributed by atoms with Crippen LogP contribution in [0.1, 0.15) is 32.9 Å². The fourth-order valence-corrected chi connectivity index (χ4v) is 4.34. The van der Waals surface area contributed by atoms with E-state index in [4.69, 9.17) is 4.74 Å². The molecule has 1 N–H and O–H groups in total. The number of aromatic nitrogens is 3. The molecule has 3 aromatic carbocycles. The SMILES string of the molecule is COc1ccc(C(=O)NCc2nnc(SCc3ccc(C(F)(F)F)cc3)n2Cc2ccccc2)cc1. The Balaban J connectivity index is 1.48. The van der Waals surface area contributed by atoms with Gasteiger partial charge in [-0.3, -0.25) is 4.79 Å². The molecule has 0 aliphatic carbocycles. The Morgan fingerprint density at radius 2 is 1.64 bits per heavy atom. The normalized spacial score (nSPS) is 11.3. The molecule has 0 saturated carbocycles. The summed E-state index contributed by atoms with van der Waals surface area (Å²) in [7, 11) is 1.56. The van der Waals surface area contributed by atoms with Gasteiger partial charge in [-0.05, 0) is 47.5 Å². The average molecular weight is 513 g/mol. The van der Waals surface area contributed by atoms with E-state index < -0.39 is 11.7 Å². The molecule has 0 radical (unpaired) electrons. The van der Waals surface area contributed by atoms with E-state index in [0.717, 1.165) is 23.3 Å². The summed E-state index contributed by atoms with van der Waals surface area (Å²) in [6, 6.07) is 21.6. The zero-order valence-electron chi connectivity index (χ0n) is 19.3. The highest BCUT2D eigenvalue weighted by Gasteiger charge is 2.29. The average Bonchev–Trinajstić information content (AvgIpc) is 3.27. The number of halogens is 3. The van der Waals surface area contributed by atoms with E-state index in [1.54, 1.807) is 31.4 Å². The number of rotatable bonds is 9. The Bertz CT molecular complexity index is 1290. The van der Waals surface area contributed by atoms with Gasteiger partial charge in [0.1, 0.15) is 5.75 Å². The lowest BCUT2D eigenvalue weighted by Crippen LogP contribution is -2.25. The molecule has 0 atom stereocenters.